The predicted molar refractivity (Wildman–Crippen MR) is 87.1 cm³/mol. The van der Waals surface area contributed by atoms with Crippen molar-refractivity contribution >= 4 is 15.7 Å². The van der Waals surface area contributed by atoms with Gasteiger partial charge in [-0.15, -0.1) is 0 Å². The van der Waals surface area contributed by atoms with Crippen molar-refractivity contribution in [2.45, 2.75) is 31.1 Å². The summed E-state index contributed by atoms with van der Waals surface area (Å²) in [6.45, 7) is 4.21. The Morgan fingerprint density at radius 3 is 2.18 bits per heavy atom. The number of anilines is 1. The van der Waals surface area contributed by atoms with Crippen LogP contribution in [-0.2, 0) is 10.0 Å². The van der Waals surface area contributed by atoms with Crippen molar-refractivity contribution in [3.05, 3.63) is 59.7 Å². The topological polar surface area (TPSA) is 70.0 Å². The minimum absolute atomic E-state index is 0.226. The predicted octanol–water partition coefficient (Wildman–Crippen LogP) is 3.87. The van der Waals surface area contributed by atoms with Gasteiger partial charge in [0.25, 0.3) is 10.0 Å². The molecule has 22 heavy (non-hydrogen) atoms. The molecule has 0 aliphatic heterocycles. The molecule has 5 heteroatoms. The number of hydrogen-bond donors (Lipinski definition) is 1. The molecule has 0 heterocycles. The van der Waals surface area contributed by atoms with Gasteiger partial charge in [0.15, 0.2) is 0 Å². The lowest BCUT2D eigenvalue weighted by Gasteiger charge is -2.11. The van der Waals surface area contributed by atoms with Gasteiger partial charge in [-0.1, -0.05) is 26.0 Å². The molecule has 0 unspecified atom stereocenters. The molecule has 0 fully saturated rings. The zero-order valence-electron chi connectivity index (χ0n) is 12.6. The molecule has 1 N–H and O–H groups in total. The Balaban J connectivity index is 2.20. The standard InChI is InChI=1S/C17H18N2O2S/c1-3-13(2)15-6-10-17(11-7-15)22(20,21)19-16-8-4-14(12-18)5-9-16/h4-11,13,19H,3H2,1-2H3/t13-/m1/s1. The highest BCUT2D eigenvalue weighted by Crippen LogP contribution is 2.22. The molecule has 4 nitrogen and oxygen atoms in total. The number of nitrogens with zero attached hydrogens (tertiary/aromatic N) is 1. The van der Waals surface area contributed by atoms with Gasteiger partial charge in [0, 0.05) is 5.69 Å². The fourth-order valence-electron chi connectivity index (χ4n) is 2.04. The van der Waals surface area contributed by atoms with Crippen molar-refractivity contribution in [3.8, 4) is 6.07 Å². The fourth-order valence-corrected chi connectivity index (χ4v) is 3.10. The van der Waals surface area contributed by atoms with E-state index in [1.54, 1.807) is 36.4 Å². The minimum Gasteiger partial charge on any atom is -0.280 e. The minimum atomic E-state index is -3.61. The fraction of sp³-hybridized carbons (Fsp3) is 0.235. The van der Waals surface area contributed by atoms with E-state index in [1.807, 2.05) is 18.2 Å². The van der Waals surface area contributed by atoms with Crippen LogP contribution in [-0.4, -0.2) is 8.42 Å². The van der Waals surface area contributed by atoms with Crippen LogP contribution in [0.25, 0.3) is 0 Å². The first-order valence-corrected chi connectivity index (χ1v) is 8.57. The molecule has 114 valence electrons. The largest absolute Gasteiger partial charge is 0.280 e. The molecular weight excluding hydrogens is 296 g/mol. The normalized spacial score (nSPS) is 12.4. The van der Waals surface area contributed by atoms with E-state index in [0.29, 0.717) is 17.2 Å². The molecule has 0 saturated heterocycles. The summed E-state index contributed by atoms with van der Waals surface area (Å²) in [4.78, 5) is 0.226. The van der Waals surface area contributed by atoms with Gasteiger partial charge < -0.3 is 0 Å². The van der Waals surface area contributed by atoms with E-state index in [2.05, 4.69) is 18.6 Å². The summed E-state index contributed by atoms with van der Waals surface area (Å²) in [5.74, 6) is 0.406. The van der Waals surface area contributed by atoms with Crippen molar-refractivity contribution in [1.29, 1.82) is 5.26 Å². The smallest absolute Gasteiger partial charge is 0.261 e. The van der Waals surface area contributed by atoms with Gasteiger partial charge in [-0.25, -0.2) is 8.42 Å². The van der Waals surface area contributed by atoms with Crippen LogP contribution in [0.2, 0.25) is 0 Å². The van der Waals surface area contributed by atoms with Crippen LogP contribution >= 0.6 is 0 Å². The molecular formula is C17H18N2O2S. The van der Waals surface area contributed by atoms with Crippen LogP contribution in [0.3, 0.4) is 0 Å². The summed E-state index contributed by atoms with van der Waals surface area (Å²) in [5.41, 5.74) is 2.05. The Kier molecular flexibility index (Phi) is 4.84. The third-order valence-corrected chi connectivity index (χ3v) is 5.04. The zero-order chi connectivity index (χ0) is 16.2. The lowest BCUT2D eigenvalue weighted by molar-refractivity contribution is 0.601. The maximum Gasteiger partial charge on any atom is 0.261 e. The van der Waals surface area contributed by atoms with E-state index in [-0.39, 0.29) is 4.90 Å². The van der Waals surface area contributed by atoms with Crippen LogP contribution < -0.4 is 4.72 Å². The van der Waals surface area contributed by atoms with Crippen molar-refractivity contribution in [2.75, 3.05) is 4.72 Å². The number of nitriles is 1. The molecule has 0 aliphatic carbocycles. The molecule has 0 bridgehead atoms. The van der Waals surface area contributed by atoms with Crippen molar-refractivity contribution in [3.63, 3.8) is 0 Å². The van der Waals surface area contributed by atoms with Crippen molar-refractivity contribution < 1.29 is 8.42 Å². The molecule has 0 saturated carbocycles. The van der Waals surface area contributed by atoms with Crippen LogP contribution in [0.1, 0.15) is 37.3 Å². The average molecular weight is 314 g/mol. The van der Waals surface area contributed by atoms with E-state index in [1.165, 1.54) is 0 Å². The Hall–Kier alpha value is -2.32. The zero-order valence-corrected chi connectivity index (χ0v) is 13.4. The van der Waals surface area contributed by atoms with Gasteiger partial charge in [-0.05, 0) is 54.3 Å². The summed E-state index contributed by atoms with van der Waals surface area (Å²) >= 11 is 0. The van der Waals surface area contributed by atoms with Crippen LogP contribution in [0.5, 0.6) is 0 Å². The average Bonchev–Trinajstić information content (AvgIpc) is 2.54. The van der Waals surface area contributed by atoms with E-state index in [0.717, 1.165) is 12.0 Å². The highest BCUT2D eigenvalue weighted by atomic mass is 32.2. The van der Waals surface area contributed by atoms with E-state index in [9.17, 15) is 8.42 Å². The van der Waals surface area contributed by atoms with Crippen molar-refractivity contribution in [1.82, 2.24) is 0 Å². The van der Waals surface area contributed by atoms with Gasteiger partial charge in [-0.3, -0.25) is 4.72 Å². The van der Waals surface area contributed by atoms with Crippen molar-refractivity contribution in [2.24, 2.45) is 0 Å². The summed E-state index contributed by atoms with van der Waals surface area (Å²) in [6.07, 6.45) is 1.01. The van der Waals surface area contributed by atoms with Gasteiger partial charge in [0.1, 0.15) is 0 Å². The second-order valence-electron chi connectivity index (χ2n) is 5.17. The Labute approximate surface area is 131 Å². The number of nitrogens with one attached hydrogen (secondary N) is 1. The molecule has 0 radical (unpaired) electrons. The molecule has 0 aromatic heterocycles. The molecule has 0 amide bonds. The highest BCUT2D eigenvalue weighted by molar-refractivity contribution is 7.92. The molecule has 2 aromatic carbocycles. The number of hydrogen-bond acceptors (Lipinski definition) is 3. The third-order valence-electron chi connectivity index (χ3n) is 3.64. The first-order chi connectivity index (χ1) is 10.5. The van der Waals surface area contributed by atoms with Gasteiger partial charge in [0.05, 0.1) is 16.5 Å². The summed E-state index contributed by atoms with van der Waals surface area (Å²) in [7, 11) is -3.61. The summed E-state index contributed by atoms with van der Waals surface area (Å²) in [5, 5.41) is 8.74. The maximum absolute atomic E-state index is 12.3. The first-order valence-electron chi connectivity index (χ1n) is 7.09. The number of rotatable bonds is 5. The molecule has 2 rings (SSSR count). The molecule has 0 spiro atoms. The maximum atomic E-state index is 12.3. The first kappa shape index (κ1) is 16.1. The number of sulfonamides is 1. The Morgan fingerprint density at radius 2 is 1.68 bits per heavy atom. The molecule has 0 aliphatic rings. The van der Waals surface area contributed by atoms with Crippen LogP contribution in [0, 0.1) is 11.3 Å². The Morgan fingerprint density at radius 1 is 1.09 bits per heavy atom. The Bertz CT molecular complexity index is 773. The van der Waals surface area contributed by atoms with Crippen LogP contribution in [0.4, 0.5) is 5.69 Å². The number of benzene rings is 2. The van der Waals surface area contributed by atoms with Gasteiger partial charge in [-0.2, -0.15) is 5.26 Å². The van der Waals surface area contributed by atoms with E-state index >= 15 is 0 Å². The second kappa shape index (κ2) is 6.63. The summed E-state index contributed by atoms with van der Waals surface area (Å²) < 4.78 is 27.2. The lowest BCUT2D eigenvalue weighted by Crippen LogP contribution is -2.13. The third kappa shape index (κ3) is 3.66. The second-order valence-corrected chi connectivity index (χ2v) is 6.86. The SMILES string of the molecule is CC[C@@H](C)c1ccc(S(=O)(=O)Nc2ccc(C#N)cc2)cc1. The quantitative estimate of drug-likeness (QED) is 0.910. The summed E-state index contributed by atoms with van der Waals surface area (Å²) in [6, 6.07) is 15.2. The van der Waals surface area contributed by atoms with Gasteiger partial charge >= 0.3 is 0 Å². The molecule has 2 aromatic rings. The van der Waals surface area contributed by atoms with Gasteiger partial charge in [0.2, 0.25) is 0 Å². The van der Waals surface area contributed by atoms with E-state index in [4.69, 9.17) is 5.26 Å². The lowest BCUT2D eigenvalue weighted by atomic mass is 9.99. The monoisotopic (exact) mass is 314 g/mol. The van der Waals surface area contributed by atoms with Crippen LogP contribution in [0.15, 0.2) is 53.4 Å². The highest BCUT2D eigenvalue weighted by Gasteiger charge is 2.14. The van der Waals surface area contributed by atoms with E-state index < -0.39 is 10.0 Å². The molecule has 1 atom stereocenters.